The number of hydrogen-bond acceptors (Lipinski definition) is 1. The molecule has 0 amide bonds. The molecule has 3 heteroatoms. The van der Waals surface area contributed by atoms with E-state index in [2.05, 4.69) is 20.8 Å². The van der Waals surface area contributed by atoms with E-state index in [-0.39, 0.29) is 0 Å². The van der Waals surface area contributed by atoms with Gasteiger partial charge in [0.1, 0.15) is 10.8 Å². The van der Waals surface area contributed by atoms with E-state index in [1.807, 2.05) is 0 Å². The Morgan fingerprint density at radius 2 is 1.04 bits per heavy atom. The second-order valence-electron chi connectivity index (χ2n) is 7.13. The summed E-state index contributed by atoms with van der Waals surface area (Å²) in [5.41, 5.74) is 0. The van der Waals surface area contributed by atoms with Gasteiger partial charge in [-0.2, -0.15) is 0 Å². The van der Waals surface area contributed by atoms with Gasteiger partial charge in [-0.25, -0.2) is 4.21 Å². The molecule has 1 nitrogen and oxygen atoms in total. The Bertz CT molecular complexity index is 361. The average molecular weight is 375 g/mol. The smallest absolute Gasteiger partial charge is 0.109 e. The lowest BCUT2D eigenvalue weighted by atomic mass is 10.0. The van der Waals surface area contributed by atoms with Gasteiger partial charge in [0.05, 0.1) is 0 Å². The van der Waals surface area contributed by atoms with Gasteiger partial charge in [0.2, 0.25) is 0 Å². The third kappa shape index (κ3) is 14.5. The van der Waals surface area contributed by atoms with Crippen LogP contribution in [-0.2, 0) is 10.8 Å². The summed E-state index contributed by atoms with van der Waals surface area (Å²) in [6.45, 7) is 6.79. The molecule has 144 valence electrons. The number of rotatable bonds is 17. The van der Waals surface area contributed by atoms with Gasteiger partial charge in [-0.3, -0.25) is 0 Å². The van der Waals surface area contributed by atoms with Crippen LogP contribution in [0.2, 0.25) is 0 Å². The monoisotopic (exact) mass is 374 g/mol. The third-order valence-electron chi connectivity index (χ3n) is 4.80. The van der Waals surface area contributed by atoms with E-state index in [9.17, 15) is 4.21 Å². The van der Waals surface area contributed by atoms with E-state index >= 15 is 0 Å². The Balaban J connectivity index is 4.33. The molecule has 0 fully saturated rings. The topological polar surface area (TPSA) is 17.1 Å². The van der Waals surface area contributed by atoms with Crippen LogP contribution in [0.25, 0.3) is 0 Å². The first kappa shape index (κ1) is 24.2. The zero-order valence-electron chi connectivity index (χ0n) is 16.8. The highest BCUT2D eigenvalue weighted by molar-refractivity contribution is 8.08. The van der Waals surface area contributed by atoms with Crippen LogP contribution in [-0.4, -0.2) is 15.7 Å². The summed E-state index contributed by atoms with van der Waals surface area (Å²) in [4.78, 5) is 0. The van der Waals surface area contributed by atoms with Crippen molar-refractivity contribution in [2.75, 3.05) is 6.16 Å². The first-order chi connectivity index (χ1) is 11.8. The van der Waals surface area contributed by atoms with Crippen molar-refractivity contribution in [2.45, 2.75) is 124 Å². The molecule has 0 aromatic rings. The predicted molar refractivity (Wildman–Crippen MR) is 116 cm³/mol. The van der Waals surface area contributed by atoms with Crippen LogP contribution in [0.15, 0.2) is 0 Å². The maximum atomic E-state index is 11.7. The molecule has 0 aliphatic heterocycles. The van der Waals surface area contributed by atoms with Crippen molar-refractivity contribution in [3.05, 3.63) is 0 Å². The van der Waals surface area contributed by atoms with Gasteiger partial charge >= 0.3 is 0 Å². The quantitative estimate of drug-likeness (QED) is 0.186. The molecule has 0 aliphatic rings. The molecule has 24 heavy (non-hydrogen) atoms. The van der Waals surface area contributed by atoms with Crippen LogP contribution < -0.4 is 0 Å². The van der Waals surface area contributed by atoms with Gasteiger partial charge in [0.15, 0.2) is 0 Å². The summed E-state index contributed by atoms with van der Waals surface area (Å²) in [5, 5.41) is 1.66. The maximum absolute atomic E-state index is 11.7. The average Bonchev–Trinajstić information content (AvgIpc) is 2.60. The van der Waals surface area contributed by atoms with Crippen molar-refractivity contribution < 1.29 is 4.21 Å². The number of unbranched alkanes of at least 4 members (excludes halogenated alkanes) is 11. The molecule has 0 N–H and O–H groups in total. The predicted octanol–water partition coefficient (Wildman–Crippen LogP) is 8.07. The standard InChI is InChI=1S/C21H43OPS/c1-4-7-10-12-14-16-18-21(23(24-22)20-9-6-3)19-17-15-13-11-8-5-2/h4-20H2,1-3H3. The lowest BCUT2D eigenvalue weighted by molar-refractivity contribution is 0.606. The van der Waals surface area contributed by atoms with Gasteiger partial charge < -0.3 is 0 Å². The second-order valence-corrected chi connectivity index (χ2v) is 10.9. The fourth-order valence-electron chi connectivity index (χ4n) is 3.14. The largest absolute Gasteiger partial charge is 0.208 e. The van der Waals surface area contributed by atoms with Crippen molar-refractivity contribution in [3.63, 3.8) is 0 Å². The third-order valence-corrected chi connectivity index (χ3v) is 8.71. The maximum Gasteiger partial charge on any atom is 0.109 e. The van der Waals surface area contributed by atoms with E-state index in [1.165, 1.54) is 109 Å². The summed E-state index contributed by atoms with van der Waals surface area (Å²) in [5.74, 6) is 0. The summed E-state index contributed by atoms with van der Waals surface area (Å²) >= 11 is 0. The van der Waals surface area contributed by atoms with Gasteiger partial charge in [0.25, 0.3) is 0 Å². The highest BCUT2D eigenvalue weighted by Crippen LogP contribution is 2.22. The molecular weight excluding hydrogens is 331 g/mol. The molecule has 0 saturated heterocycles. The SMILES string of the molecule is CCCCCCCCC(CCCCCCCC)=P(CCCC)=S=O. The van der Waals surface area contributed by atoms with E-state index in [1.54, 1.807) is 5.29 Å². The van der Waals surface area contributed by atoms with E-state index in [0.29, 0.717) is 0 Å². The lowest BCUT2D eigenvalue weighted by Gasteiger charge is -2.09. The number of hydrogen-bond donors (Lipinski definition) is 0. The normalized spacial score (nSPS) is 11.5. The van der Waals surface area contributed by atoms with Gasteiger partial charge in [-0.05, 0) is 49.9 Å². The Labute approximate surface area is 156 Å². The fourth-order valence-corrected chi connectivity index (χ4v) is 6.53. The van der Waals surface area contributed by atoms with Crippen molar-refractivity contribution >= 4 is 22.5 Å². The fraction of sp³-hybridized carbons (Fsp3) is 0.952. The van der Waals surface area contributed by atoms with Crippen LogP contribution in [0.1, 0.15) is 124 Å². The Morgan fingerprint density at radius 3 is 1.46 bits per heavy atom. The van der Waals surface area contributed by atoms with Gasteiger partial charge in [0, 0.05) is 0 Å². The molecule has 0 radical (unpaired) electrons. The molecular formula is C21H43OPS. The lowest BCUT2D eigenvalue weighted by Crippen LogP contribution is -1.98. The summed E-state index contributed by atoms with van der Waals surface area (Å²) in [6, 6.07) is 0. The van der Waals surface area contributed by atoms with E-state index < -0.39 is 6.32 Å². The highest BCUT2D eigenvalue weighted by Gasteiger charge is 2.03. The van der Waals surface area contributed by atoms with Gasteiger partial charge in [-0.15, -0.1) is 0 Å². The Hall–Kier alpha value is 0.190. The van der Waals surface area contributed by atoms with Crippen LogP contribution in [0.3, 0.4) is 0 Å². The molecule has 0 aliphatic carbocycles. The zero-order chi connectivity index (χ0) is 17.9. The zero-order valence-corrected chi connectivity index (χ0v) is 18.5. The molecule has 1 atom stereocenters. The first-order valence-electron chi connectivity index (χ1n) is 10.7. The van der Waals surface area contributed by atoms with Crippen LogP contribution in [0.5, 0.6) is 0 Å². The highest BCUT2D eigenvalue weighted by atomic mass is 32.5. The second kappa shape index (κ2) is 19.5. The molecule has 0 spiro atoms. The van der Waals surface area contributed by atoms with Crippen LogP contribution in [0.4, 0.5) is 0 Å². The molecule has 0 saturated carbocycles. The van der Waals surface area contributed by atoms with Crippen LogP contribution >= 0.6 is 6.32 Å². The first-order valence-corrected chi connectivity index (χ1v) is 13.6. The minimum atomic E-state index is -0.405. The minimum absolute atomic E-state index is 0.405. The molecule has 0 heterocycles. The molecule has 0 aromatic carbocycles. The van der Waals surface area contributed by atoms with Gasteiger partial charge in [-0.1, -0.05) is 91.4 Å². The molecule has 0 aromatic heterocycles. The van der Waals surface area contributed by atoms with E-state index in [0.717, 1.165) is 10.8 Å². The van der Waals surface area contributed by atoms with Crippen molar-refractivity contribution in [1.29, 1.82) is 0 Å². The Kier molecular flexibility index (Phi) is 19.7. The Morgan fingerprint density at radius 1 is 0.625 bits per heavy atom. The summed E-state index contributed by atoms with van der Waals surface area (Å²) in [7, 11) is 0.940. The molecule has 0 rings (SSSR count). The summed E-state index contributed by atoms with van der Waals surface area (Å²) in [6.07, 6.45) is 22.0. The van der Waals surface area contributed by atoms with Crippen molar-refractivity contribution in [3.8, 4) is 0 Å². The van der Waals surface area contributed by atoms with Crippen molar-refractivity contribution in [2.24, 2.45) is 0 Å². The minimum Gasteiger partial charge on any atom is -0.208 e. The van der Waals surface area contributed by atoms with Crippen molar-refractivity contribution in [1.82, 2.24) is 0 Å². The molecule has 1 unspecified atom stereocenters. The van der Waals surface area contributed by atoms with E-state index in [4.69, 9.17) is 0 Å². The summed E-state index contributed by atoms with van der Waals surface area (Å²) < 4.78 is 11.7. The molecule has 0 bridgehead atoms. The van der Waals surface area contributed by atoms with Crippen LogP contribution in [0, 0.1) is 0 Å².